The molecule has 0 spiro atoms. The molecule has 0 aliphatic carbocycles. The van der Waals surface area contributed by atoms with Gasteiger partial charge in [0, 0.05) is 12.7 Å². The normalized spacial score (nSPS) is 20.3. The van der Waals surface area contributed by atoms with Gasteiger partial charge in [0.05, 0.1) is 23.8 Å². The zero-order valence-corrected chi connectivity index (χ0v) is 12.2. The molecule has 2 atom stereocenters. The number of amides is 1. The molecule has 0 bridgehead atoms. The SMILES string of the molecule is N#Cc1ccnc(C(=O)N2C[C@H](O)C[C@@H]2c2ccc(F)cc2)c1. The predicted molar refractivity (Wildman–Crippen MR) is 79.8 cm³/mol. The fraction of sp³-hybridized carbons (Fsp3) is 0.235. The molecule has 1 fully saturated rings. The van der Waals surface area contributed by atoms with E-state index in [2.05, 4.69) is 4.98 Å². The van der Waals surface area contributed by atoms with Crippen LogP contribution in [0.4, 0.5) is 4.39 Å². The van der Waals surface area contributed by atoms with Crippen molar-refractivity contribution in [2.24, 2.45) is 0 Å². The van der Waals surface area contributed by atoms with Gasteiger partial charge < -0.3 is 10.0 Å². The van der Waals surface area contributed by atoms with Gasteiger partial charge in [0.15, 0.2) is 0 Å². The maximum Gasteiger partial charge on any atom is 0.273 e. The molecule has 1 aliphatic heterocycles. The minimum atomic E-state index is -0.645. The topological polar surface area (TPSA) is 77.2 Å². The summed E-state index contributed by atoms with van der Waals surface area (Å²) in [5.41, 5.74) is 1.26. The first-order valence-corrected chi connectivity index (χ1v) is 7.19. The number of nitrogens with zero attached hydrogens (tertiary/aromatic N) is 3. The molecule has 0 radical (unpaired) electrons. The van der Waals surface area contributed by atoms with Crippen LogP contribution in [0.25, 0.3) is 0 Å². The quantitative estimate of drug-likeness (QED) is 0.920. The summed E-state index contributed by atoms with van der Waals surface area (Å²) >= 11 is 0. The van der Waals surface area contributed by atoms with Crippen LogP contribution in [-0.4, -0.2) is 33.5 Å². The van der Waals surface area contributed by atoms with Crippen LogP contribution in [0, 0.1) is 17.1 Å². The first-order valence-electron chi connectivity index (χ1n) is 7.19. The van der Waals surface area contributed by atoms with Crippen molar-refractivity contribution >= 4 is 5.91 Å². The average molecular weight is 311 g/mol. The largest absolute Gasteiger partial charge is 0.391 e. The molecule has 1 N–H and O–H groups in total. The number of hydrogen-bond donors (Lipinski definition) is 1. The van der Waals surface area contributed by atoms with Gasteiger partial charge in [-0.15, -0.1) is 0 Å². The first-order chi connectivity index (χ1) is 11.1. The Morgan fingerprint density at radius 2 is 2.09 bits per heavy atom. The number of halogens is 1. The number of β-amino-alcohol motifs (C(OH)–C–C–N with tert-alkyl or cyclic N) is 1. The third-order valence-corrected chi connectivity index (χ3v) is 3.90. The lowest BCUT2D eigenvalue weighted by atomic mass is 10.0. The maximum atomic E-state index is 13.1. The van der Waals surface area contributed by atoms with Crippen LogP contribution in [0.5, 0.6) is 0 Å². The number of likely N-dealkylation sites (tertiary alicyclic amines) is 1. The van der Waals surface area contributed by atoms with Gasteiger partial charge in [-0.3, -0.25) is 9.78 Å². The number of nitriles is 1. The number of aliphatic hydroxyl groups excluding tert-OH is 1. The molecule has 0 saturated carbocycles. The third kappa shape index (κ3) is 3.05. The number of hydrogen-bond acceptors (Lipinski definition) is 4. The van der Waals surface area contributed by atoms with E-state index in [1.54, 1.807) is 12.1 Å². The standard InChI is InChI=1S/C17H14FN3O2/c18-13-3-1-12(2-4-13)16-8-14(22)10-21(16)17(23)15-7-11(9-19)5-6-20-15/h1-7,14,16,22H,8,10H2/t14-,16-/m1/s1. The van der Waals surface area contributed by atoms with Crippen molar-refractivity contribution in [3.63, 3.8) is 0 Å². The Kier molecular flexibility index (Phi) is 4.04. The molecular formula is C17H14FN3O2. The summed E-state index contributed by atoms with van der Waals surface area (Å²) < 4.78 is 13.1. The van der Waals surface area contributed by atoms with Crippen LogP contribution in [0.2, 0.25) is 0 Å². The number of rotatable bonds is 2. The number of aromatic nitrogens is 1. The number of pyridine rings is 1. The molecule has 23 heavy (non-hydrogen) atoms. The molecule has 5 nitrogen and oxygen atoms in total. The van der Waals surface area contributed by atoms with Gasteiger partial charge in [-0.2, -0.15) is 5.26 Å². The second-order valence-corrected chi connectivity index (χ2v) is 5.46. The number of carbonyl (C=O) groups excluding carboxylic acids is 1. The highest BCUT2D eigenvalue weighted by atomic mass is 19.1. The highest BCUT2D eigenvalue weighted by Gasteiger charge is 2.36. The Balaban J connectivity index is 1.91. The highest BCUT2D eigenvalue weighted by Crippen LogP contribution is 2.33. The van der Waals surface area contributed by atoms with Gasteiger partial charge in [0.1, 0.15) is 11.5 Å². The molecule has 2 heterocycles. The van der Waals surface area contributed by atoms with E-state index in [9.17, 15) is 14.3 Å². The van der Waals surface area contributed by atoms with Crippen LogP contribution >= 0.6 is 0 Å². The fourth-order valence-corrected chi connectivity index (χ4v) is 2.80. The van der Waals surface area contributed by atoms with E-state index in [1.165, 1.54) is 35.4 Å². The molecule has 0 unspecified atom stereocenters. The van der Waals surface area contributed by atoms with Crippen molar-refractivity contribution in [3.05, 3.63) is 65.2 Å². The molecular weight excluding hydrogens is 297 g/mol. The van der Waals surface area contributed by atoms with E-state index in [-0.39, 0.29) is 30.0 Å². The van der Waals surface area contributed by atoms with Gasteiger partial charge in [0.2, 0.25) is 0 Å². The Morgan fingerprint density at radius 3 is 2.78 bits per heavy atom. The minimum absolute atomic E-state index is 0.158. The first kappa shape index (κ1) is 15.1. The van der Waals surface area contributed by atoms with Crippen LogP contribution in [0.15, 0.2) is 42.6 Å². The second-order valence-electron chi connectivity index (χ2n) is 5.46. The van der Waals surface area contributed by atoms with Gasteiger partial charge in [-0.1, -0.05) is 12.1 Å². The molecule has 2 aromatic rings. The zero-order valence-electron chi connectivity index (χ0n) is 12.2. The van der Waals surface area contributed by atoms with E-state index < -0.39 is 6.10 Å². The van der Waals surface area contributed by atoms with E-state index in [1.807, 2.05) is 6.07 Å². The summed E-state index contributed by atoms with van der Waals surface area (Å²) in [6.07, 6.45) is 1.15. The Labute approximate surface area is 132 Å². The van der Waals surface area contributed by atoms with Crippen molar-refractivity contribution in [2.45, 2.75) is 18.6 Å². The Hall–Kier alpha value is -2.78. The summed E-state index contributed by atoms with van der Waals surface area (Å²) in [6.45, 7) is 0.180. The van der Waals surface area contributed by atoms with E-state index in [0.29, 0.717) is 12.0 Å². The average Bonchev–Trinajstić information content (AvgIpc) is 2.96. The van der Waals surface area contributed by atoms with E-state index in [4.69, 9.17) is 5.26 Å². The lowest BCUT2D eigenvalue weighted by molar-refractivity contribution is 0.0710. The molecule has 6 heteroatoms. The molecule has 1 saturated heterocycles. The van der Waals surface area contributed by atoms with Crippen LogP contribution in [-0.2, 0) is 0 Å². The number of aliphatic hydroxyl groups is 1. The third-order valence-electron chi connectivity index (χ3n) is 3.90. The van der Waals surface area contributed by atoms with E-state index >= 15 is 0 Å². The van der Waals surface area contributed by atoms with Gasteiger partial charge in [-0.05, 0) is 36.2 Å². The number of carbonyl (C=O) groups is 1. The molecule has 1 amide bonds. The fourth-order valence-electron chi connectivity index (χ4n) is 2.80. The van der Waals surface area contributed by atoms with Crippen LogP contribution in [0.1, 0.15) is 34.1 Å². The summed E-state index contributed by atoms with van der Waals surface area (Å²) in [5.74, 6) is -0.707. The van der Waals surface area contributed by atoms with Crippen molar-refractivity contribution in [2.75, 3.05) is 6.54 Å². The maximum absolute atomic E-state index is 13.1. The highest BCUT2D eigenvalue weighted by molar-refractivity contribution is 5.93. The van der Waals surface area contributed by atoms with Gasteiger partial charge in [0.25, 0.3) is 5.91 Å². The second kappa shape index (κ2) is 6.15. The Bertz CT molecular complexity index is 770. The van der Waals surface area contributed by atoms with Crippen molar-refractivity contribution in [1.29, 1.82) is 5.26 Å². The van der Waals surface area contributed by atoms with Gasteiger partial charge in [-0.25, -0.2) is 4.39 Å². The zero-order chi connectivity index (χ0) is 16.4. The monoisotopic (exact) mass is 311 g/mol. The van der Waals surface area contributed by atoms with Crippen molar-refractivity contribution in [3.8, 4) is 6.07 Å². The molecule has 1 aromatic carbocycles. The number of benzene rings is 1. The predicted octanol–water partition coefficient (Wildman–Crippen LogP) is 2.04. The summed E-state index contributed by atoms with van der Waals surface area (Å²) in [5, 5.41) is 18.9. The van der Waals surface area contributed by atoms with Crippen molar-refractivity contribution < 1.29 is 14.3 Å². The molecule has 3 rings (SSSR count). The molecule has 116 valence electrons. The van der Waals surface area contributed by atoms with Crippen LogP contribution in [0.3, 0.4) is 0 Å². The van der Waals surface area contributed by atoms with E-state index in [0.717, 1.165) is 5.56 Å². The summed E-state index contributed by atoms with van der Waals surface area (Å²) in [4.78, 5) is 18.2. The van der Waals surface area contributed by atoms with Crippen molar-refractivity contribution in [1.82, 2.24) is 9.88 Å². The summed E-state index contributed by atoms with van der Waals surface area (Å²) in [7, 11) is 0. The van der Waals surface area contributed by atoms with Crippen LogP contribution < -0.4 is 0 Å². The lowest BCUT2D eigenvalue weighted by Crippen LogP contribution is -2.32. The summed E-state index contributed by atoms with van der Waals surface area (Å²) in [6, 6.07) is 10.5. The molecule has 1 aliphatic rings. The molecule has 1 aromatic heterocycles. The Morgan fingerprint density at radius 1 is 1.35 bits per heavy atom. The minimum Gasteiger partial charge on any atom is -0.391 e. The van der Waals surface area contributed by atoms with Gasteiger partial charge >= 0.3 is 0 Å². The smallest absolute Gasteiger partial charge is 0.273 e. The lowest BCUT2D eigenvalue weighted by Gasteiger charge is -2.24.